The van der Waals surface area contributed by atoms with E-state index in [9.17, 15) is 53.1 Å². The monoisotopic (exact) mass is 370 g/mol. The summed E-state index contributed by atoms with van der Waals surface area (Å²) in [5.41, 5.74) is 0. The van der Waals surface area contributed by atoms with Gasteiger partial charge in [0.2, 0.25) is 0 Å². The molecule has 3 nitrogen and oxygen atoms in total. The van der Waals surface area contributed by atoms with Gasteiger partial charge in [0.25, 0.3) is 0 Å². The first kappa shape index (κ1) is 21.4. The van der Waals surface area contributed by atoms with Gasteiger partial charge in [-0.25, -0.2) is 4.79 Å². The minimum absolute atomic E-state index is 0.525. The fourth-order valence-corrected chi connectivity index (χ4v) is 0.848. The van der Waals surface area contributed by atoms with Crippen LogP contribution in [0.15, 0.2) is 12.7 Å². The van der Waals surface area contributed by atoms with E-state index in [0.29, 0.717) is 6.08 Å². The first-order chi connectivity index (χ1) is 9.94. The third-order valence-corrected chi connectivity index (χ3v) is 1.95. The molecule has 136 valence electrons. The van der Waals surface area contributed by atoms with E-state index in [-0.39, 0.29) is 0 Å². The zero-order valence-electron chi connectivity index (χ0n) is 10.4. The standard InChI is InChI=1S/C9H5F11O3/c1-2-3-22-4(21)5(10,7(13,14)15)23-9(19,20)6(11,12)8(16,17)18/h2H,1,3H2/t5-/m1/s1. The molecular weight excluding hydrogens is 365 g/mol. The molecule has 0 aliphatic rings. The molecule has 0 aromatic rings. The van der Waals surface area contributed by atoms with Gasteiger partial charge in [0.05, 0.1) is 0 Å². The highest BCUT2D eigenvalue weighted by molar-refractivity contribution is 5.79. The maximum atomic E-state index is 13.4. The highest BCUT2D eigenvalue weighted by Crippen LogP contribution is 2.51. The van der Waals surface area contributed by atoms with Gasteiger partial charge in [-0.1, -0.05) is 12.7 Å². The Hall–Kier alpha value is -1.60. The molecule has 0 spiro atoms. The molecule has 0 aromatic heterocycles. The number of carbonyl (C=O) groups is 1. The van der Waals surface area contributed by atoms with E-state index in [1.54, 1.807) is 0 Å². The van der Waals surface area contributed by atoms with Crippen molar-refractivity contribution < 1.29 is 62.6 Å². The van der Waals surface area contributed by atoms with Crippen LogP contribution in [0.1, 0.15) is 0 Å². The topological polar surface area (TPSA) is 35.5 Å². The second-order valence-electron chi connectivity index (χ2n) is 3.67. The summed E-state index contributed by atoms with van der Waals surface area (Å²) < 4.78 is 141. The van der Waals surface area contributed by atoms with E-state index in [1.165, 1.54) is 0 Å². The molecule has 0 amide bonds. The number of rotatable bonds is 6. The summed E-state index contributed by atoms with van der Waals surface area (Å²) in [6.07, 6.45) is -20.4. The summed E-state index contributed by atoms with van der Waals surface area (Å²) in [4.78, 5) is 10.8. The van der Waals surface area contributed by atoms with Crippen LogP contribution < -0.4 is 0 Å². The summed E-state index contributed by atoms with van der Waals surface area (Å²) in [6, 6.07) is 0. The Bertz CT molecular complexity index is 453. The van der Waals surface area contributed by atoms with Crippen molar-refractivity contribution in [3.05, 3.63) is 12.7 Å². The van der Waals surface area contributed by atoms with Gasteiger partial charge >= 0.3 is 36.2 Å². The highest BCUT2D eigenvalue weighted by Gasteiger charge is 2.80. The lowest BCUT2D eigenvalue weighted by atomic mass is 10.2. The lowest BCUT2D eigenvalue weighted by molar-refractivity contribution is -0.475. The highest BCUT2D eigenvalue weighted by atomic mass is 19.4. The number of halogens is 11. The smallest absolute Gasteiger partial charge is 0.457 e. The number of hydrogen-bond donors (Lipinski definition) is 0. The Kier molecular flexibility index (Phi) is 5.70. The average Bonchev–Trinajstić information content (AvgIpc) is 2.32. The number of carbonyl (C=O) groups excluding carboxylic acids is 1. The Morgan fingerprint density at radius 2 is 1.30 bits per heavy atom. The van der Waals surface area contributed by atoms with Crippen molar-refractivity contribution >= 4 is 5.97 Å². The fraction of sp³-hybridized carbons (Fsp3) is 0.667. The first-order valence-electron chi connectivity index (χ1n) is 5.00. The van der Waals surface area contributed by atoms with Gasteiger partial charge in [0, 0.05) is 0 Å². The normalized spacial score (nSPS) is 16.7. The van der Waals surface area contributed by atoms with E-state index < -0.39 is 42.8 Å². The molecule has 14 heteroatoms. The predicted molar refractivity (Wildman–Crippen MR) is 48.1 cm³/mol. The number of hydrogen-bond acceptors (Lipinski definition) is 3. The van der Waals surface area contributed by atoms with Crippen LogP contribution in [0.25, 0.3) is 0 Å². The van der Waals surface area contributed by atoms with Crippen molar-refractivity contribution in [1.29, 1.82) is 0 Å². The fourth-order valence-electron chi connectivity index (χ4n) is 0.848. The van der Waals surface area contributed by atoms with E-state index in [2.05, 4.69) is 11.3 Å². The predicted octanol–water partition coefficient (Wildman–Crippen LogP) is 3.75. The average molecular weight is 370 g/mol. The molecule has 0 aliphatic heterocycles. The lowest BCUT2D eigenvalue weighted by Gasteiger charge is -2.33. The third-order valence-electron chi connectivity index (χ3n) is 1.95. The molecule has 0 radical (unpaired) electrons. The van der Waals surface area contributed by atoms with E-state index >= 15 is 0 Å². The molecule has 0 fully saturated rings. The maximum Gasteiger partial charge on any atom is 0.462 e. The molecule has 0 rings (SSSR count). The molecule has 0 N–H and O–H groups in total. The van der Waals surface area contributed by atoms with Crippen LogP contribution in [0.3, 0.4) is 0 Å². The molecular formula is C9H5F11O3. The van der Waals surface area contributed by atoms with Crippen molar-refractivity contribution in [3.8, 4) is 0 Å². The number of alkyl halides is 11. The summed E-state index contributed by atoms with van der Waals surface area (Å²) in [6.45, 7) is 1.58. The van der Waals surface area contributed by atoms with Crippen LogP contribution in [0.2, 0.25) is 0 Å². The summed E-state index contributed by atoms with van der Waals surface area (Å²) in [5, 5.41) is 0. The molecule has 0 unspecified atom stereocenters. The molecule has 0 bridgehead atoms. The van der Waals surface area contributed by atoms with Gasteiger partial charge in [0.15, 0.2) is 0 Å². The Balaban J connectivity index is 5.82. The SMILES string of the molecule is C=CCOC(=O)[C@@](F)(OC(F)(F)C(F)(F)C(F)(F)F)C(F)(F)F. The molecule has 0 heterocycles. The molecule has 0 saturated heterocycles. The van der Waals surface area contributed by atoms with Crippen molar-refractivity contribution in [1.82, 2.24) is 0 Å². The summed E-state index contributed by atoms with van der Waals surface area (Å²) in [7, 11) is 0. The van der Waals surface area contributed by atoms with Crippen LogP contribution >= 0.6 is 0 Å². The number of esters is 1. The van der Waals surface area contributed by atoms with Gasteiger partial charge < -0.3 is 4.74 Å². The second kappa shape index (κ2) is 6.13. The lowest BCUT2D eigenvalue weighted by Crippen LogP contribution is -2.61. The molecule has 23 heavy (non-hydrogen) atoms. The Morgan fingerprint density at radius 3 is 1.61 bits per heavy atom. The molecule has 0 aliphatic carbocycles. The van der Waals surface area contributed by atoms with E-state index in [4.69, 9.17) is 0 Å². The Morgan fingerprint density at radius 1 is 0.870 bits per heavy atom. The van der Waals surface area contributed by atoms with E-state index in [1.807, 2.05) is 4.74 Å². The molecule has 1 atom stereocenters. The van der Waals surface area contributed by atoms with Crippen LogP contribution in [0.4, 0.5) is 48.3 Å². The quantitative estimate of drug-likeness (QED) is 0.406. The maximum absolute atomic E-state index is 13.4. The van der Waals surface area contributed by atoms with Gasteiger partial charge in [0.1, 0.15) is 6.61 Å². The van der Waals surface area contributed by atoms with Crippen molar-refractivity contribution in [2.24, 2.45) is 0 Å². The van der Waals surface area contributed by atoms with Crippen LogP contribution in [0, 0.1) is 0 Å². The van der Waals surface area contributed by atoms with Crippen molar-refractivity contribution in [2.45, 2.75) is 30.2 Å². The van der Waals surface area contributed by atoms with E-state index in [0.717, 1.165) is 0 Å². The van der Waals surface area contributed by atoms with Crippen LogP contribution in [-0.2, 0) is 14.3 Å². The minimum atomic E-state index is -7.23. The second-order valence-corrected chi connectivity index (χ2v) is 3.67. The van der Waals surface area contributed by atoms with Gasteiger partial charge in [-0.2, -0.15) is 48.3 Å². The van der Waals surface area contributed by atoms with Crippen molar-refractivity contribution in [2.75, 3.05) is 6.61 Å². The van der Waals surface area contributed by atoms with Crippen LogP contribution in [0.5, 0.6) is 0 Å². The van der Waals surface area contributed by atoms with Gasteiger partial charge in [-0.05, 0) is 0 Å². The zero-order chi connectivity index (χ0) is 18.9. The van der Waals surface area contributed by atoms with Crippen LogP contribution in [-0.4, -0.2) is 42.8 Å². The van der Waals surface area contributed by atoms with Crippen molar-refractivity contribution in [3.63, 3.8) is 0 Å². The summed E-state index contributed by atoms with van der Waals surface area (Å²) in [5.74, 6) is -16.8. The zero-order valence-corrected chi connectivity index (χ0v) is 10.4. The summed E-state index contributed by atoms with van der Waals surface area (Å²) >= 11 is 0. The first-order valence-corrected chi connectivity index (χ1v) is 5.00. The largest absolute Gasteiger partial charge is 0.462 e. The number of ether oxygens (including phenoxy) is 2. The Labute approximate surface area is 119 Å². The third kappa shape index (κ3) is 4.03. The molecule has 0 saturated carbocycles. The van der Waals surface area contributed by atoms with Gasteiger partial charge in [-0.15, -0.1) is 0 Å². The minimum Gasteiger partial charge on any atom is -0.457 e. The van der Waals surface area contributed by atoms with Gasteiger partial charge in [-0.3, -0.25) is 4.74 Å². The molecule has 0 aromatic carbocycles.